The van der Waals surface area contributed by atoms with Crippen molar-refractivity contribution < 1.29 is 5.11 Å². The lowest BCUT2D eigenvalue weighted by Crippen LogP contribution is -2.00. The average molecular weight is 184 g/mol. The van der Waals surface area contributed by atoms with E-state index in [-0.39, 0.29) is 0 Å². The Morgan fingerprint density at radius 2 is 1.85 bits per heavy atom. The second-order valence-corrected chi connectivity index (χ2v) is 3.59. The molecule has 0 aromatic rings. The molecule has 0 aromatic heterocycles. The van der Waals surface area contributed by atoms with Crippen LogP contribution in [0.25, 0.3) is 0 Å². The Hall–Kier alpha value is -0.300. The standard InChI is InChI=1S/C12H24O/c1-4-11(5-2)7-8-12(6-3)9-10-13/h7,12-13H,4-6,8-10H2,1-3H3. The summed E-state index contributed by atoms with van der Waals surface area (Å²) in [4.78, 5) is 0. The van der Waals surface area contributed by atoms with E-state index in [0.717, 1.165) is 12.8 Å². The van der Waals surface area contributed by atoms with Gasteiger partial charge < -0.3 is 5.11 Å². The van der Waals surface area contributed by atoms with Gasteiger partial charge in [-0.05, 0) is 31.6 Å². The molecule has 0 aliphatic rings. The highest BCUT2D eigenvalue weighted by Crippen LogP contribution is 2.16. The molecule has 1 nitrogen and oxygen atoms in total. The van der Waals surface area contributed by atoms with Gasteiger partial charge in [0.2, 0.25) is 0 Å². The topological polar surface area (TPSA) is 20.2 Å². The third kappa shape index (κ3) is 5.87. The zero-order chi connectivity index (χ0) is 10.1. The monoisotopic (exact) mass is 184 g/mol. The molecule has 0 saturated carbocycles. The fourth-order valence-corrected chi connectivity index (χ4v) is 1.54. The molecule has 78 valence electrons. The molecule has 0 aliphatic heterocycles. The van der Waals surface area contributed by atoms with Gasteiger partial charge in [0.25, 0.3) is 0 Å². The summed E-state index contributed by atoms with van der Waals surface area (Å²) < 4.78 is 0. The van der Waals surface area contributed by atoms with Crippen molar-refractivity contribution in [1.82, 2.24) is 0 Å². The fraction of sp³-hybridized carbons (Fsp3) is 0.833. The van der Waals surface area contributed by atoms with Crippen LogP contribution in [0.2, 0.25) is 0 Å². The van der Waals surface area contributed by atoms with E-state index in [4.69, 9.17) is 5.11 Å². The molecule has 0 fully saturated rings. The minimum Gasteiger partial charge on any atom is -0.396 e. The molecule has 1 atom stereocenters. The van der Waals surface area contributed by atoms with Gasteiger partial charge in [-0.2, -0.15) is 0 Å². The number of rotatable bonds is 7. The Bertz CT molecular complexity index is 132. The first-order valence-corrected chi connectivity index (χ1v) is 5.57. The Balaban J connectivity index is 3.86. The summed E-state index contributed by atoms with van der Waals surface area (Å²) in [6, 6.07) is 0. The van der Waals surface area contributed by atoms with Gasteiger partial charge in [-0.1, -0.05) is 38.8 Å². The summed E-state index contributed by atoms with van der Waals surface area (Å²) in [7, 11) is 0. The van der Waals surface area contributed by atoms with Crippen LogP contribution in [0.3, 0.4) is 0 Å². The van der Waals surface area contributed by atoms with E-state index in [1.165, 1.54) is 19.3 Å². The molecule has 0 radical (unpaired) electrons. The lowest BCUT2D eigenvalue weighted by atomic mass is 9.96. The Morgan fingerprint density at radius 1 is 1.23 bits per heavy atom. The van der Waals surface area contributed by atoms with Crippen LogP contribution in [0.5, 0.6) is 0 Å². The second-order valence-electron chi connectivity index (χ2n) is 3.59. The van der Waals surface area contributed by atoms with Crippen molar-refractivity contribution in [2.45, 2.75) is 52.9 Å². The van der Waals surface area contributed by atoms with Gasteiger partial charge >= 0.3 is 0 Å². The van der Waals surface area contributed by atoms with Crippen LogP contribution < -0.4 is 0 Å². The number of hydrogen-bond donors (Lipinski definition) is 1. The number of aliphatic hydroxyl groups is 1. The van der Waals surface area contributed by atoms with Gasteiger partial charge in [0.1, 0.15) is 0 Å². The molecule has 13 heavy (non-hydrogen) atoms. The zero-order valence-electron chi connectivity index (χ0n) is 9.34. The second kappa shape index (κ2) is 8.31. The third-order valence-electron chi connectivity index (χ3n) is 2.76. The van der Waals surface area contributed by atoms with E-state index >= 15 is 0 Å². The highest BCUT2D eigenvalue weighted by molar-refractivity contribution is 5.00. The van der Waals surface area contributed by atoms with Crippen LogP contribution in [-0.4, -0.2) is 11.7 Å². The molecular formula is C12H24O. The largest absolute Gasteiger partial charge is 0.396 e. The van der Waals surface area contributed by atoms with Crippen molar-refractivity contribution in [3.8, 4) is 0 Å². The van der Waals surface area contributed by atoms with E-state index in [9.17, 15) is 0 Å². The van der Waals surface area contributed by atoms with E-state index in [1.807, 2.05) is 0 Å². The van der Waals surface area contributed by atoms with Crippen LogP contribution in [-0.2, 0) is 0 Å². The van der Waals surface area contributed by atoms with E-state index < -0.39 is 0 Å². The normalized spacial score (nSPS) is 12.6. The van der Waals surface area contributed by atoms with Gasteiger partial charge in [0.05, 0.1) is 0 Å². The molecule has 0 bridgehead atoms. The molecule has 0 aromatic carbocycles. The molecular weight excluding hydrogens is 160 g/mol. The van der Waals surface area contributed by atoms with Crippen LogP contribution in [0.4, 0.5) is 0 Å². The van der Waals surface area contributed by atoms with E-state index in [2.05, 4.69) is 26.8 Å². The first-order chi connectivity index (χ1) is 6.28. The smallest absolute Gasteiger partial charge is 0.0433 e. The Labute approximate surface area is 82.9 Å². The molecule has 0 saturated heterocycles. The van der Waals surface area contributed by atoms with Crippen molar-refractivity contribution in [3.63, 3.8) is 0 Å². The Kier molecular flexibility index (Phi) is 8.11. The van der Waals surface area contributed by atoms with Gasteiger partial charge in [0.15, 0.2) is 0 Å². The van der Waals surface area contributed by atoms with Crippen LogP contribution in [0.1, 0.15) is 52.9 Å². The maximum absolute atomic E-state index is 8.83. The highest BCUT2D eigenvalue weighted by atomic mass is 16.3. The summed E-state index contributed by atoms with van der Waals surface area (Å²) in [5, 5.41) is 8.83. The summed E-state index contributed by atoms with van der Waals surface area (Å²) in [6.07, 6.45) is 7.99. The average Bonchev–Trinajstić information content (AvgIpc) is 2.17. The predicted octanol–water partition coefficient (Wildman–Crippen LogP) is 3.53. The lowest BCUT2D eigenvalue weighted by molar-refractivity contribution is 0.255. The third-order valence-corrected chi connectivity index (χ3v) is 2.76. The van der Waals surface area contributed by atoms with Gasteiger partial charge in [-0.15, -0.1) is 0 Å². The number of allylic oxidation sites excluding steroid dienone is 2. The SMILES string of the molecule is CCC(=CCC(CC)CCO)CC. The van der Waals surface area contributed by atoms with Crippen molar-refractivity contribution in [2.75, 3.05) is 6.61 Å². The van der Waals surface area contributed by atoms with Crippen molar-refractivity contribution in [1.29, 1.82) is 0 Å². The summed E-state index contributed by atoms with van der Waals surface area (Å²) >= 11 is 0. The molecule has 1 unspecified atom stereocenters. The molecule has 0 amide bonds. The van der Waals surface area contributed by atoms with Crippen molar-refractivity contribution in [2.24, 2.45) is 5.92 Å². The van der Waals surface area contributed by atoms with Crippen LogP contribution in [0, 0.1) is 5.92 Å². The van der Waals surface area contributed by atoms with Crippen molar-refractivity contribution >= 4 is 0 Å². The molecule has 1 N–H and O–H groups in total. The van der Waals surface area contributed by atoms with Crippen LogP contribution >= 0.6 is 0 Å². The molecule has 0 rings (SSSR count). The maximum atomic E-state index is 8.83. The minimum absolute atomic E-state index is 0.333. The van der Waals surface area contributed by atoms with Gasteiger partial charge in [-0.25, -0.2) is 0 Å². The van der Waals surface area contributed by atoms with E-state index in [0.29, 0.717) is 12.5 Å². The number of aliphatic hydroxyl groups excluding tert-OH is 1. The quantitative estimate of drug-likeness (QED) is 0.600. The lowest BCUT2D eigenvalue weighted by Gasteiger charge is -2.11. The van der Waals surface area contributed by atoms with Crippen LogP contribution in [0.15, 0.2) is 11.6 Å². The maximum Gasteiger partial charge on any atom is 0.0433 e. The summed E-state index contributed by atoms with van der Waals surface area (Å²) in [6.45, 7) is 6.95. The summed E-state index contributed by atoms with van der Waals surface area (Å²) in [5.74, 6) is 0.679. The van der Waals surface area contributed by atoms with E-state index in [1.54, 1.807) is 5.57 Å². The van der Waals surface area contributed by atoms with Gasteiger partial charge in [-0.3, -0.25) is 0 Å². The first-order valence-electron chi connectivity index (χ1n) is 5.57. The molecule has 0 aliphatic carbocycles. The Morgan fingerprint density at radius 3 is 2.23 bits per heavy atom. The van der Waals surface area contributed by atoms with Crippen molar-refractivity contribution in [3.05, 3.63) is 11.6 Å². The first kappa shape index (κ1) is 12.7. The summed E-state index contributed by atoms with van der Waals surface area (Å²) in [5.41, 5.74) is 1.55. The highest BCUT2D eigenvalue weighted by Gasteiger charge is 2.03. The zero-order valence-corrected chi connectivity index (χ0v) is 9.34. The molecule has 1 heteroatoms. The predicted molar refractivity (Wildman–Crippen MR) is 58.8 cm³/mol. The number of hydrogen-bond acceptors (Lipinski definition) is 1. The fourth-order valence-electron chi connectivity index (χ4n) is 1.54. The molecule has 0 heterocycles. The minimum atomic E-state index is 0.333. The molecule has 0 spiro atoms. The van der Waals surface area contributed by atoms with Gasteiger partial charge in [0, 0.05) is 6.61 Å².